The summed E-state index contributed by atoms with van der Waals surface area (Å²) in [7, 11) is 0. The van der Waals surface area contributed by atoms with Crippen LogP contribution in [0.25, 0.3) is 11.3 Å². The van der Waals surface area contributed by atoms with E-state index in [1.807, 2.05) is 12.1 Å². The number of rotatable bonds is 3. The molecule has 2 aromatic rings. The van der Waals surface area contributed by atoms with E-state index in [0.29, 0.717) is 40.9 Å². The van der Waals surface area contributed by atoms with Crippen molar-refractivity contribution in [3.05, 3.63) is 30.2 Å². The molecule has 2 aromatic heterocycles. The predicted molar refractivity (Wildman–Crippen MR) is 87.7 cm³/mol. The van der Waals surface area contributed by atoms with E-state index in [0.717, 1.165) is 18.7 Å². The quantitative estimate of drug-likeness (QED) is 0.735. The summed E-state index contributed by atoms with van der Waals surface area (Å²) in [5.74, 6) is 0.599. The Hall–Kier alpha value is -2.06. The summed E-state index contributed by atoms with van der Waals surface area (Å²) in [5.41, 5.74) is 8.66. The molecule has 3 heterocycles. The molecule has 22 heavy (non-hydrogen) atoms. The second-order valence-electron chi connectivity index (χ2n) is 4.82. The topological polar surface area (TPSA) is 103 Å². The van der Waals surface area contributed by atoms with Gasteiger partial charge in [0.05, 0.1) is 24.6 Å². The molecule has 1 aliphatic rings. The molecule has 1 saturated heterocycles. The van der Waals surface area contributed by atoms with Crippen LogP contribution in [-0.4, -0.2) is 45.9 Å². The van der Waals surface area contributed by atoms with Crippen molar-refractivity contribution in [3.63, 3.8) is 0 Å². The van der Waals surface area contributed by atoms with Crippen LogP contribution in [0.1, 0.15) is 5.69 Å². The van der Waals surface area contributed by atoms with Gasteiger partial charge in [-0.25, -0.2) is 15.4 Å². The Balaban J connectivity index is 2.12. The summed E-state index contributed by atoms with van der Waals surface area (Å²) in [6.07, 6.45) is 3.40. The first-order valence-electron chi connectivity index (χ1n) is 6.85. The minimum atomic E-state index is 0.386. The smallest absolute Gasteiger partial charge is 0.267 e. The van der Waals surface area contributed by atoms with E-state index in [4.69, 9.17) is 15.9 Å². The fourth-order valence-electron chi connectivity index (χ4n) is 2.27. The van der Waals surface area contributed by atoms with E-state index in [1.54, 1.807) is 12.4 Å². The predicted octanol–water partition coefficient (Wildman–Crippen LogP) is -0.142. The molecule has 3 rings (SSSR count). The minimum absolute atomic E-state index is 0.386. The number of halogens is 1. The molecule has 0 bridgehead atoms. The molecular weight excluding hydrogens is 348 g/mol. The van der Waals surface area contributed by atoms with Gasteiger partial charge in [-0.1, -0.05) is 0 Å². The van der Waals surface area contributed by atoms with E-state index in [9.17, 15) is 0 Å². The Morgan fingerprint density at radius 2 is 1.91 bits per heavy atom. The average Bonchev–Trinajstić information content (AvgIpc) is 2.56. The standard InChI is InChI=1S/C14H15BrN6O/c15-13(17)12-10(16)11(9-1-3-18-4-2-9)19-14(20-12)21-5-7-22-8-6-21/h1-4,17H,5-8,16H2/p+1. The molecule has 114 valence electrons. The third-order valence-electron chi connectivity index (χ3n) is 3.41. The Labute approximate surface area is 136 Å². The molecule has 0 amide bonds. The maximum Gasteiger partial charge on any atom is 0.267 e. The summed E-state index contributed by atoms with van der Waals surface area (Å²) in [5, 5.41) is 5.87. The van der Waals surface area contributed by atoms with Crippen molar-refractivity contribution in [2.45, 2.75) is 0 Å². The maximum atomic E-state index is 6.20. The molecule has 4 N–H and O–H groups in total. The normalized spacial score (nSPS) is 14.9. The van der Waals surface area contributed by atoms with E-state index >= 15 is 0 Å². The van der Waals surface area contributed by atoms with Crippen LogP contribution in [0.2, 0.25) is 0 Å². The Bertz CT molecular complexity index is 687. The van der Waals surface area contributed by atoms with Crippen LogP contribution in [0.3, 0.4) is 0 Å². The van der Waals surface area contributed by atoms with Gasteiger partial charge < -0.3 is 15.4 Å². The Kier molecular flexibility index (Phi) is 4.30. The van der Waals surface area contributed by atoms with Crippen molar-refractivity contribution >= 4 is 32.2 Å². The molecule has 0 saturated carbocycles. The van der Waals surface area contributed by atoms with Gasteiger partial charge in [-0.3, -0.25) is 4.98 Å². The highest BCUT2D eigenvalue weighted by molar-refractivity contribution is 9.18. The van der Waals surface area contributed by atoms with Gasteiger partial charge >= 0.3 is 0 Å². The first-order valence-corrected chi connectivity index (χ1v) is 7.65. The lowest BCUT2D eigenvalue weighted by atomic mass is 10.1. The van der Waals surface area contributed by atoms with Gasteiger partial charge in [0.1, 0.15) is 0 Å². The fourth-order valence-corrected chi connectivity index (χ4v) is 2.58. The number of pyridine rings is 1. The highest BCUT2D eigenvalue weighted by Gasteiger charge is 2.22. The highest BCUT2D eigenvalue weighted by Crippen LogP contribution is 2.28. The molecule has 7 nitrogen and oxygen atoms in total. The molecule has 0 aromatic carbocycles. The molecule has 0 unspecified atom stereocenters. The van der Waals surface area contributed by atoms with Crippen LogP contribution in [0.4, 0.5) is 11.6 Å². The third kappa shape index (κ3) is 2.93. The van der Waals surface area contributed by atoms with Crippen molar-refractivity contribution in [1.29, 1.82) is 0 Å². The summed E-state index contributed by atoms with van der Waals surface area (Å²) in [4.78, 5) is 15.2. The zero-order chi connectivity index (χ0) is 15.5. The number of nitrogens with two attached hydrogens (primary N) is 2. The van der Waals surface area contributed by atoms with Crippen molar-refractivity contribution in [3.8, 4) is 11.3 Å². The summed E-state index contributed by atoms with van der Waals surface area (Å²) in [6, 6.07) is 3.71. The molecule has 0 atom stereocenters. The number of hydrogen-bond acceptors (Lipinski definition) is 6. The second kappa shape index (κ2) is 6.37. The first kappa shape index (κ1) is 14.9. The van der Waals surface area contributed by atoms with Gasteiger partial charge in [0.25, 0.3) is 4.62 Å². The molecule has 1 fully saturated rings. The lowest BCUT2D eigenvalue weighted by Crippen LogP contribution is -2.40. The average molecular weight is 364 g/mol. The van der Waals surface area contributed by atoms with Gasteiger partial charge in [-0.05, 0) is 12.1 Å². The number of hydrogen-bond donors (Lipinski definition) is 2. The molecule has 0 spiro atoms. The Morgan fingerprint density at radius 3 is 2.55 bits per heavy atom. The monoisotopic (exact) mass is 363 g/mol. The third-order valence-corrected chi connectivity index (χ3v) is 3.78. The lowest BCUT2D eigenvalue weighted by molar-refractivity contribution is -0.107. The second-order valence-corrected chi connectivity index (χ2v) is 5.67. The summed E-state index contributed by atoms with van der Waals surface area (Å²) in [6.45, 7) is 2.78. The van der Waals surface area contributed by atoms with Gasteiger partial charge in [0.2, 0.25) is 5.95 Å². The van der Waals surface area contributed by atoms with Gasteiger partial charge in [-0.15, -0.1) is 0 Å². The highest BCUT2D eigenvalue weighted by atomic mass is 79.9. The van der Waals surface area contributed by atoms with Gasteiger partial charge in [0, 0.05) is 47.0 Å². The SMILES string of the molecule is Nc1c(C(=[NH2+])Br)nc(N2CCOCC2)nc1-c1ccncc1. The van der Waals surface area contributed by atoms with Crippen LogP contribution in [0.15, 0.2) is 24.5 Å². The number of nitrogens with zero attached hydrogens (tertiary/aromatic N) is 4. The van der Waals surface area contributed by atoms with Crippen molar-refractivity contribution < 1.29 is 10.1 Å². The summed E-state index contributed by atoms with van der Waals surface area (Å²) < 4.78 is 5.75. The summed E-state index contributed by atoms with van der Waals surface area (Å²) >= 11 is 3.27. The molecular formula is C14H16BrN6O+. The lowest BCUT2D eigenvalue weighted by Gasteiger charge is -2.27. The van der Waals surface area contributed by atoms with E-state index in [1.165, 1.54) is 0 Å². The van der Waals surface area contributed by atoms with Crippen LogP contribution >= 0.6 is 15.9 Å². The molecule has 1 aliphatic heterocycles. The number of aromatic nitrogens is 3. The molecule has 0 radical (unpaired) electrons. The van der Waals surface area contributed by atoms with Gasteiger partial charge in [-0.2, -0.15) is 0 Å². The Morgan fingerprint density at radius 1 is 1.23 bits per heavy atom. The van der Waals surface area contributed by atoms with Crippen LogP contribution in [0.5, 0.6) is 0 Å². The van der Waals surface area contributed by atoms with Crippen molar-refractivity contribution in [2.24, 2.45) is 0 Å². The van der Waals surface area contributed by atoms with E-state index in [2.05, 4.69) is 35.8 Å². The largest absolute Gasteiger partial charge is 0.395 e. The first-order chi connectivity index (χ1) is 10.7. The maximum absolute atomic E-state index is 6.20. The van der Waals surface area contributed by atoms with Crippen LogP contribution in [-0.2, 0) is 4.74 Å². The minimum Gasteiger partial charge on any atom is -0.395 e. The number of ether oxygens (including phenoxy) is 1. The van der Waals surface area contributed by atoms with Crippen LogP contribution < -0.4 is 16.0 Å². The number of anilines is 2. The van der Waals surface area contributed by atoms with E-state index in [-0.39, 0.29) is 0 Å². The molecule has 8 heteroatoms. The van der Waals surface area contributed by atoms with Crippen molar-refractivity contribution in [2.75, 3.05) is 36.9 Å². The number of morpholine rings is 1. The zero-order valence-electron chi connectivity index (χ0n) is 11.9. The van der Waals surface area contributed by atoms with Crippen LogP contribution in [0, 0.1) is 0 Å². The fraction of sp³-hybridized carbons (Fsp3) is 0.286. The zero-order valence-corrected chi connectivity index (χ0v) is 13.5. The molecule has 0 aliphatic carbocycles. The number of nitrogen functional groups attached to an aromatic ring is 1. The van der Waals surface area contributed by atoms with E-state index < -0.39 is 0 Å². The van der Waals surface area contributed by atoms with Gasteiger partial charge in [0.15, 0.2) is 5.69 Å². The van der Waals surface area contributed by atoms with Crippen molar-refractivity contribution in [1.82, 2.24) is 15.0 Å².